The van der Waals surface area contributed by atoms with Gasteiger partial charge in [-0.3, -0.25) is 4.79 Å². The van der Waals surface area contributed by atoms with Gasteiger partial charge in [0.1, 0.15) is 17.3 Å². The minimum absolute atomic E-state index is 0.00860. The van der Waals surface area contributed by atoms with Crippen LogP contribution < -0.4 is 4.74 Å². The van der Waals surface area contributed by atoms with Crippen LogP contribution in [0, 0.1) is 5.92 Å². The number of hydrogen-bond acceptors (Lipinski definition) is 4. The molecular weight excluding hydrogens is 443 g/mol. The van der Waals surface area contributed by atoms with Gasteiger partial charge < -0.3 is 14.5 Å². The highest BCUT2D eigenvalue weighted by Crippen LogP contribution is 2.42. The number of hydrogen-bond donors (Lipinski definition) is 0. The molecule has 0 spiro atoms. The van der Waals surface area contributed by atoms with Crippen molar-refractivity contribution >= 4 is 17.4 Å². The summed E-state index contributed by atoms with van der Waals surface area (Å²) in [5.74, 6) is 1.58. The molecule has 180 valence electrons. The van der Waals surface area contributed by atoms with E-state index in [9.17, 15) is 18.0 Å². The summed E-state index contributed by atoms with van der Waals surface area (Å²) in [5.41, 5.74) is 0.310. The Labute approximate surface area is 197 Å². The molecular formula is C26H28F3N3O2. The van der Waals surface area contributed by atoms with Gasteiger partial charge in [0.2, 0.25) is 5.91 Å². The van der Waals surface area contributed by atoms with Gasteiger partial charge >= 0.3 is 6.18 Å². The highest BCUT2D eigenvalue weighted by Gasteiger charge is 2.35. The molecule has 1 saturated carbocycles. The van der Waals surface area contributed by atoms with E-state index < -0.39 is 11.7 Å². The number of halogens is 3. The zero-order valence-electron chi connectivity index (χ0n) is 19.1. The number of amides is 1. The molecule has 1 amide bonds. The second-order valence-electron chi connectivity index (χ2n) is 9.38. The van der Waals surface area contributed by atoms with Crippen LogP contribution in [0.5, 0.6) is 11.5 Å². The van der Waals surface area contributed by atoms with Crippen molar-refractivity contribution in [3.05, 3.63) is 53.6 Å². The number of carbonyl (C=O) groups is 1. The van der Waals surface area contributed by atoms with Crippen molar-refractivity contribution in [2.75, 3.05) is 19.6 Å². The maximum absolute atomic E-state index is 13.3. The lowest BCUT2D eigenvalue weighted by Crippen LogP contribution is -2.56. The lowest BCUT2D eigenvalue weighted by Gasteiger charge is -2.43. The topological polar surface area (TPSA) is 45.1 Å². The second kappa shape index (κ2) is 8.96. The van der Waals surface area contributed by atoms with Gasteiger partial charge in [0.25, 0.3) is 0 Å². The SMILES string of the molecule is C[C@H]1CN(C2=Nc3ccc(C(F)(F)F)cc3Oc3ccccc32)CCN1C(=O)C1CCCCC1. The fourth-order valence-corrected chi connectivity index (χ4v) is 5.20. The molecule has 2 heterocycles. The summed E-state index contributed by atoms with van der Waals surface area (Å²) in [5, 5.41) is 0. The number of nitrogens with zero attached hydrogens (tertiary/aromatic N) is 3. The van der Waals surface area contributed by atoms with E-state index in [2.05, 4.69) is 11.8 Å². The molecule has 2 fully saturated rings. The van der Waals surface area contributed by atoms with Crippen molar-refractivity contribution in [2.45, 2.75) is 51.2 Å². The number of carbonyl (C=O) groups excluding carboxylic acids is 1. The molecule has 34 heavy (non-hydrogen) atoms. The molecule has 3 aliphatic rings. The van der Waals surface area contributed by atoms with Gasteiger partial charge in [0, 0.05) is 31.6 Å². The third-order valence-electron chi connectivity index (χ3n) is 7.03. The number of amidine groups is 1. The summed E-state index contributed by atoms with van der Waals surface area (Å²) in [7, 11) is 0. The largest absolute Gasteiger partial charge is 0.454 e. The lowest BCUT2D eigenvalue weighted by atomic mass is 9.87. The van der Waals surface area contributed by atoms with Crippen molar-refractivity contribution in [1.29, 1.82) is 0 Å². The minimum atomic E-state index is -4.46. The first kappa shape index (κ1) is 22.7. The van der Waals surface area contributed by atoms with Crippen LogP contribution in [-0.4, -0.2) is 47.2 Å². The summed E-state index contributed by atoms with van der Waals surface area (Å²) in [6.07, 6.45) is 0.926. The van der Waals surface area contributed by atoms with Crippen LogP contribution >= 0.6 is 0 Å². The molecule has 1 atom stereocenters. The standard InChI is InChI=1S/C26H28F3N3O2/c1-17-16-31(13-14-32(17)25(33)18-7-3-2-4-8-18)24-20-9-5-6-10-22(20)34-23-15-19(26(27,28)29)11-12-21(23)30-24/h5-6,9-12,15,17-18H,2-4,7-8,13-14,16H2,1H3/t17-/m0/s1. The van der Waals surface area contributed by atoms with Crippen molar-refractivity contribution < 1.29 is 22.7 Å². The zero-order chi connectivity index (χ0) is 23.9. The second-order valence-corrected chi connectivity index (χ2v) is 9.38. The Bertz CT molecular complexity index is 1110. The fourth-order valence-electron chi connectivity index (χ4n) is 5.20. The molecule has 8 heteroatoms. The van der Waals surface area contributed by atoms with Crippen LogP contribution in [0.3, 0.4) is 0 Å². The van der Waals surface area contributed by atoms with Crippen LogP contribution in [-0.2, 0) is 11.0 Å². The minimum Gasteiger partial charge on any atom is -0.454 e. The van der Waals surface area contributed by atoms with Gasteiger partial charge in [0.15, 0.2) is 5.75 Å². The number of ether oxygens (including phenoxy) is 1. The van der Waals surface area contributed by atoms with Crippen molar-refractivity contribution in [3.8, 4) is 11.5 Å². The van der Waals surface area contributed by atoms with E-state index in [-0.39, 0.29) is 23.6 Å². The highest BCUT2D eigenvalue weighted by atomic mass is 19.4. The Balaban J connectivity index is 1.43. The zero-order valence-corrected chi connectivity index (χ0v) is 19.1. The number of aliphatic imine (C=N–C) groups is 1. The predicted molar refractivity (Wildman–Crippen MR) is 123 cm³/mol. The molecule has 1 aliphatic carbocycles. The number of rotatable bonds is 1. The Morgan fingerprint density at radius 1 is 1.03 bits per heavy atom. The fraction of sp³-hybridized carbons (Fsp3) is 0.462. The van der Waals surface area contributed by atoms with Crippen molar-refractivity contribution in [1.82, 2.24) is 9.80 Å². The molecule has 2 aromatic carbocycles. The molecule has 0 aromatic heterocycles. The van der Waals surface area contributed by atoms with E-state index in [4.69, 9.17) is 9.73 Å². The van der Waals surface area contributed by atoms with Gasteiger partial charge in [-0.1, -0.05) is 31.4 Å². The summed E-state index contributed by atoms with van der Waals surface area (Å²) < 4.78 is 45.7. The number of alkyl halides is 3. The van der Waals surface area contributed by atoms with E-state index in [0.717, 1.165) is 43.4 Å². The van der Waals surface area contributed by atoms with Crippen LogP contribution in [0.25, 0.3) is 0 Å². The maximum atomic E-state index is 13.3. The van der Waals surface area contributed by atoms with Crippen LogP contribution in [0.4, 0.5) is 18.9 Å². The van der Waals surface area contributed by atoms with E-state index in [1.807, 2.05) is 17.0 Å². The van der Waals surface area contributed by atoms with Gasteiger partial charge in [-0.15, -0.1) is 0 Å². The first-order chi connectivity index (χ1) is 16.3. The van der Waals surface area contributed by atoms with E-state index >= 15 is 0 Å². The van der Waals surface area contributed by atoms with Gasteiger partial charge in [-0.25, -0.2) is 4.99 Å². The lowest BCUT2D eigenvalue weighted by molar-refractivity contribution is -0.140. The molecule has 0 N–H and O–H groups in total. The Kier molecular flexibility index (Phi) is 6.00. The van der Waals surface area contributed by atoms with E-state index in [0.29, 0.717) is 36.9 Å². The van der Waals surface area contributed by atoms with Crippen molar-refractivity contribution in [3.63, 3.8) is 0 Å². The molecule has 2 aliphatic heterocycles. The first-order valence-corrected chi connectivity index (χ1v) is 11.9. The average Bonchev–Trinajstić information content (AvgIpc) is 3.00. The summed E-state index contributed by atoms with van der Waals surface area (Å²) >= 11 is 0. The van der Waals surface area contributed by atoms with Crippen LogP contribution in [0.2, 0.25) is 0 Å². The number of para-hydroxylation sites is 1. The monoisotopic (exact) mass is 471 g/mol. The molecule has 0 bridgehead atoms. The van der Waals surface area contributed by atoms with Crippen LogP contribution in [0.1, 0.15) is 50.2 Å². The maximum Gasteiger partial charge on any atom is 0.416 e. The highest BCUT2D eigenvalue weighted by molar-refractivity contribution is 6.04. The Morgan fingerprint density at radius 3 is 2.53 bits per heavy atom. The number of benzene rings is 2. The predicted octanol–water partition coefficient (Wildman–Crippen LogP) is 6.00. The molecule has 0 radical (unpaired) electrons. The summed E-state index contributed by atoms with van der Waals surface area (Å²) in [4.78, 5) is 22.0. The average molecular weight is 472 g/mol. The molecule has 2 aromatic rings. The van der Waals surface area contributed by atoms with E-state index in [1.54, 1.807) is 12.1 Å². The van der Waals surface area contributed by atoms with Gasteiger partial charge in [0.05, 0.1) is 11.1 Å². The first-order valence-electron chi connectivity index (χ1n) is 11.9. The molecule has 0 unspecified atom stereocenters. The normalized spacial score (nSPS) is 21.2. The quantitative estimate of drug-likeness (QED) is 0.512. The molecule has 5 rings (SSSR count). The Hall–Kier alpha value is -3.03. The molecule has 1 saturated heterocycles. The van der Waals surface area contributed by atoms with Gasteiger partial charge in [-0.05, 0) is 50.1 Å². The van der Waals surface area contributed by atoms with Gasteiger partial charge in [-0.2, -0.15) is 13.2 Å². The van der Waals surface area contributed by atoms with Crippen LogP contribution in [0.15, 0.2) is 47.5 Å². The third-order valence-corrected chi connectivity index (χ3v) is 7.03. The summed E-state index contributed by atoms with van der Waals surface area (Å²) in [6, 6.07) is 10.7. The molecule has 5 nitrogen and oxygen atoms in total. The van der Waals surface area contributed by atoms with E-state index in [1.165, 1.54) is 12.5 Å². The van der Waals surface area contributed by atoms with Crippen molar-refractivity contribution in [2.24, 2.45) is 10.9 Å². The number of piperazine rings is 1. The third kappa shape index (κ3) is 4.38. The smallest absolute Gasteiger partial charge is 0.416 e. The summed E-state index contributed by atoms with van der Waals surface area (Å²) in [6.45, 7) is 3.85. The number of fused-ring (bicyclic) bond motifs is 2. The Morgan fingerprint density at radius 2 is 1.79 bits per heavy atom.